The van der Waals surface area contributed by atoms with Crippen molar-refractivity contribution in [3.05, 3.63) is 101 Å². The van der Waals surface area contributed by atoms with E-state index in [9.17, 15) is 13.6 Å². The molecule has 0 fully saturated rings. The van der Waals surface area contributed by atoms with E-state index in [2.05, 4.69) is 25.9 Å². The lowest BCUT2D eigenvalue weighted by Crippen LogP contribution is -2.12. The van der Waals surface area contributed by atoms with Crippen LogP contribution in [0.25, 0.3) is 0 Å². The first kappa shape index (κ1) is 21.9. The predicted molar refractivity (Wildman–Crippen MR) is 125 cm³/mol. The second-order valence-electron chi connectivity index (χ2n) is 7.49. The van der Waals surface area contributed by atoms with Crippen molar-refractivity contribution >= 4 is 34.7 Å². The van der Waals surface area contributed by atoms with Gasteiger partial charge in [0.25, 0.3) is 5.91 Å². The molecule has 1 aromatic heterocycles. The van der Waals surface area contributed by atoms with E-state index in [0.29, 0.717) is 17.5 Å². The molecule has 0 bridgehead atoms. The minimum absolute atomic E-state index is 0.0289. The van der Waals surface area contributed by atoms with Gasteiger partial charge in [0.15, 0.2) is 11.6 Å². The topological polar surface area (TPSA) is 78.9 Å². The summed E-state index contributed by atoms with van der Waals surface area (Å²) in [6.07, 6.45) is 0. The van der Waals surface area contributed by atoms with E-state index in [-0.39, 0.29) is 5.56 Å². The summed E-state index contributed by atoms with van der Waals surface area (Å²) in [4.78, 5) is 21.2. The molecular formula is C25H21F2N5O. The molecule has 0 atom stereocenters. The summed E-state index contributed by atoms with van der Waals surface area (Å²) < 4.78 is 26.4. The van der Waals surface area contributed by atoms with E-state index in [0.717, 1.165) is 34.8 Å². The smallest absolute Gasteiger partial charge is 0.255 e. The van der Waals surface area contributed by atoms with Crippen LogP contribution in [0.3, 0.4) is 0 Å². The fourth-order valence-corrected chi connectivity index (χ4v) is 3.08. The van der Waals surface area contributed by atoms with Crippen LogP contribution in [0, 0.1) is 25.5 Å². The van der Waals surface area contributed by atoms with Gasteiger partial charge in [-0.25, -0.2) is 13.8 Å². The van der Waals surface area contributed by atoms with Gasteiger partial charge in [-0.1, -0.05) is 17.7 Å². The number of hydrogen-bond acceptors (Lipinski definition) is 5. The number of rotatable bonds is 6. The predicted octanol–water partition coefficient (Wildman–Crippen LogP) is 6.11. The van der Waals surface area contributed by atoms with E-state index in [1.165, 1.54) is 6.07 Å². The second kappa shape index (κ2) is 9.44. The molecular weight excluding hydrogens is 424 g/mol. The molecule has 0 saturated heterocycles. The highest BCUT2D eigenvalue weighted by molar-refractivity contribution is 6.04. The third kappa shape index (κ3) is 5.68. The van der Waals surface area contributed by atoms with E-state index in [1.54, 1.807) is 24.3 Å². The van der Waals surface area contributed by atoms with Crippen molar-refractivity contribution in [2.24, 2.45) is 0 Å². The zero-order valence-corrected chi connectivity index (χ0v) is 18.0. The number of anilines is 5. The van der Waals surface area contributed by atoms with Gasteiger partial charge in [-0.15, -0.1) is 0 Å². The first-order valence-corrected chi connectivity index (χ1v) is 10.2. The summed E-state index contributed by atoms with van der Waals surface area (Å²) in [5, 5.41) is 9.06. The lowest BCUT2D eigenvalue weighted by molar-refractivity contribution is 0.102. The van der Waals surface area contributed by atoms with Gasteiger partial charge in [-0.2, -0.15) is 4.98 Å². The lowest BCUT2D eigenvalue weighted by Gasteiger charge is -2.11. The molecule has 1 amide bonds. The first-order chi connectivity index (χ1) is 15.9. The normalized spacial score (nSPS) is 10.5. The zero-order chi connectivity index (χ0) is 23.4. The third-order valence-electron chi connectivity index (χ3n) is 4.76. The number of nitrogens with zero attached hydrogens (tertiary/aromatic N) is 2. The van der Waals surface area contributed by atoms with Crippen LogP contribution in [0.4, 0.5) is 37.6 Å². The molecule has 0 aliphatic carbocycles. The monoisotopic (exact) mass is 445 g/mol. The zero-order valence-electron chi connectivity index (χ0n) is 18.0. The van der Waals surface area contributed by atoms with Crippen LogP contribution in [-0.4, -0.2) is 15.9 Å². The average molecular weight is 445 g/mol. The van der Waals surface area contributed by atoms with E-state index in [4.69, 9.17) is 0 Å². The Bertz CT molecular complexity index is 1290. The van der Waals surface area contributed by atoms with E-state index in [1.807, 2.05) is 44.2 Å². The molecule has 3 N–H and O–H groups in total. The Morgan fingerprint density at radius 3 is 2.06 bits per heavy atom. The molecule has 33 heavy (non-hydrogen) atoms. The molecule has 4 rings (SSSR count). The summed E-state index contributed by atoms with van der Waals surface area (Å²) in [5.41, 5.74) is 4.13. The van der Waals surface area contributed by atoms with Gasteiger partial charge >= 0.3 is 0 Å². The molecule has 3 aromatic carbocycles. The van der Waals surface area contributed by atoms with Gasteiger partial charge < -0.3 is 16.0 Å². The molecule has 6 nitrogen and oxygen atoms in total. The standard InChI is InChI=1S/C25H21F2N5O/c1-15-3-6-20(7-4-15)31-25-28-16(2)13-23(32-25)29-18-8-10-19(11-9-18)30-24(33)17-5-12-21(26)22(27)14-17/h3-14H,1-2H3,(H,30,33)(H2,28,29,31,32). The molecule has 8 heteroatoms. The first-order valence-electron chi connectivity index (χ1n) is 10.2. The molecule has 0 aliphatic heterocycles. The van der Waals surface area contributed by atoms with Gasteiger partial charge in [-0.3, -0.25) is 4.79 Å². The van der Waals surface area contributed by atoms with Crippen LogP contribution >= 0.6 is 0 Å². The van der Waals surface area contributed by atoms with Gasteiger partial charge in [-0.05, 0) is 68.4 Å². The summed E-state index contributed by atoms with van der Waals surface area (Å²) in [6.45, 7) is 3.90. The van der Waals surface area contributed by atoms with Crippen LogP contribution in [0.1, 0.15) is 21.6 Å². The largest absolute Gasteiger partial charge is 0.340 e. The van der Waals surface area contributed by atoms with Crippen molar-refractivity contribution in [3.8, 4) is 0 Å². The van der Waals surface area contributed by atoms with E-state index < -0.39 is 17.5 Å². The maximum Gasteiger partial charge on any atom is 0.255 e. The summed E-state index contributed by atoms with van der Waals surface area (Å²) >= 11 is 0. The lowest BCUT2D eigenvalue weighted by atomic mass is 10.2. The van der Waals surface area contributed by atoms with Crippen molar-refractivity contribution in [2.75, 3.05) is 16.0 Å². The number of benzene rings is 3. The maximum absolute atomic E-state index is 13.4. The van der Waals surface area contributed by atoms with Gasteiger partial charge in [0, 0.05) is 34.4 Å². The van der Waals surface area contributed by atoms with E-state index >= 15 is 0 Å². The minimum atomic E-state index is -1.07. The molecule has 4 aromatic rings. The van der Waals surface area contributed by atoms with Gasteiger partial charge in [0.1, 0.15) is 5.82 Å². The fourth-order valence-electron chi connectivity index (χ4n) is 3.08. The van der Waals surface area contributed by atoms with Crippen LogP contribution in [0.15, 0.2) is 72.8 Å². The number of hydrogen-bond donors (Lipinski definition) is 3. The highest BCUT2D eigenvalue weighted by Gasteiger charge is 2.10. The summed E-state index contributed by atoms with van der Waals surface area (Å²) in [7, 11) is 0. The van der Waals surface area contributed by atoms with Crippen molar-refractivity contribution in [1.82, 2.24) is 9.97 Å². The Kier molecular flexibility index (Phi) is 6.26. The molecule has 0 aliphatic rings. The molecule has 0 unspecified atom stereocenters. The Morgan fingerprint density at radius 2 is 1.36 bits per heavy atom. The second-order valence-corrected chi connectivity index (χ2v) is 7.49. The number of carbonyl (C=O) groups is 1. The van der Waals surface area contributed by atoms with Gasteiger partial charge in [0.2, 0.25) is 5.95 Å². The van der Waals surface area contributed by atoms with Crippen molar-refractivity contribution in [3.63, 3.8) is 0 Å². The number of aromatic nitrogens is 2. The van der Waals surface area contributed by atoms with Gasteiger partial charge in [0.05, 0.1) is 0 Å². The Balaban J connectivity index is 1.43. The molecule has 166 valence electrons. The SMILES string of the molecule is Cc1ccc(Nc2nc(C)cc(Nc3ccc(NC(=O)c4ccc(F)c(F)c4)cc3)n2)cc1. The fraction of sp³-hybridized carbons (Fsp3) is 0.0800. The van der Waals surface area contributed by atoms with Crippen LogP contribution < -0.4 is 16.0 Å². The number of nitrogens with one attached hydrogen (secondary N) is 3. The molecule has 0 spiro atoms. The third-order valence-corrected chi connectivity index (χ3v) is 4.76. The van der Waals surface area contributed by atoms with Crippen molar-refractivity contribution in [2.45, 2.75) is 13.8 Å². The Morgan fingerprint density at radius 1 is 0.727 bits per heavy atom. The summed E-state index contributed by atoms with van der Waals surface area (Å²) in [5.74, 6) is -1.53. The Labute approximate surface area is 189 Å². The van der Waals surface area contributed by atoms with Crippen LogP contribution in [0.2, 0.25) is 0 Å². The number of amides is 1. The molecule has 0 radical (unpaired) electrons. The maximum atomic E-state index is 13.4. The average Bonchev–Trinajstić information content (AvgIpc) is 2.78. The molecule has 1 heterocycles. The highest BCUT2D eigenvalue weighted by Crippen LogP contribution is 2.21. The summed E-state index contributed by atoms with van der Waals surface area (Å²) in [6, 6.07) is 19.7. The Hall–Kier alpha value is -4.33. The van der Waals surface area contributed by atoms with Crippen LogP contribution in [-0.2, 0) is 0 Å². The molecule has 0 saturated carbocycles. The van der Waals surface area contributed by atoms with Crippen molar-refractivity contribution < 1.29 is 13.6 Å². The quantitative estimate of drug-likeness (QED) is 0.334. The highest BCUT2D eigenvalue weighted by atomic mass is 19.2. The number of carbonyl (C=O) groups excluding carboxylic acids is 1. The number of aryl methyl sites for hydroxylation is 2. The minimum Gasteiger partial charge on any atom is -0.340 e. The van der Waals surface area contributed by atoms with Crippen LogP contribution in [0.5, 0.6) is 0 Å². The van der Waals surface area contributed by atoms with Crippen molar-refractivity contribution in [1.29, 1.82) is 0 Å². The number of halogens is 2.